The van der Waals surface area contributed by atoms with E-state index in [2.05, 4.69) is 20.6 Å². The molecule has 0 spiro atoms. The van der Waals surface area contributed by atoms with Crippen LogP contribution in [0.3, 0.4) is 0 Å². The summed E-state index contributed by atoms with van der Waals surface area (Å²) in [5.74, 6) is 0.434. The summed E-state index contributed by atoms with van der Waals surface area (Å²) in [6, 6.07) is 8.06. The van der Waals surface area contributed by atoms with Crippen molar-refractivity contribution in [3.05, 3.63) is 63.3 Å². The van der Waals surface area contributed by atoms with E-state index < -0.39 is 5.91 Å². The lowest BCUT2D eigenvalue weighted by atomic mass is 10.3. The summed E-state index contributed by atoms with van der Waals surface area (Å²) >= 11 is 1.52. The summed E-state index contributed by atoms with van der Waals surface area (Å²) in [5.41, 5.74) is 1.43. The van der Waals surface area contributed by atoms with Crippen molar-refractivity contribution < 1.29 is 13.7 Å². The second kappa shape index (κ2) is 7.84. The Morgan fingerprint density at radius 2 is 2.10 bits per heavy atom. The van der Waals surface area contributed by atoms with E-state index in [-0.39, 0.29) is 24.3 Å². The Bertz CT molecular complexity index is 1210. The van der Waals surface area contributed by atoms with Gasteiger partial charge in [-0.3, -0.25) is 9.59 Å². The van der Waals surface area contributed by atoms with Crippen molar-refractivity contribution in [2.24, 2.45) is 0 Å². The predicted octanol–water partition coefficient (Wildman–Crippen LogP) is 2.66. The van der Waals surface area contributed by atoms with Crippen LogP contribution in [0.15, 0.2) is 50.3 Å². The highest BCUT2D eigenvalue weighted by Crippen LogP contribution is 2.27. The van der Waals surface area contributed by atoms with Crippen LogP contribution in [-0.4, -0.2) is 32.4 Å². The van der Waals surface area contributed by atoms with Crippen molar-refractivity contribution in [1.29, 1.82) is 0 Å². The van der Waals surface area contributed by atoms with E-state index in [0.29, 0.717) is 17.2 Å². The van der Waals surface area contributed by atoms with Crippen molar-refractivity contribution in [3.63, 3.8) is 0 Å². The minimum absolute atomic E-state index is 0.126. The first kappa shape index (κ1) is 18.8. The van der Waals surface area contributed by atoms with Crippen molar-refractivity contribution in [2.75, 3.05) is 6.54 Å². The number of aryl methyl sites for hydroxylation is 2. The number of furan rings is 1. The number of aromatic nitrogens is 4. The monoisotopic (exact) mass is 411 g/mol. The second-order valence-electron chi connectivity index (χ2n) is 6.24. The normalized spacial score (nSPS) is 11.0. The maximum atomic E-state index is 12.3. The fourth-order valence-corrected chi connectivity index (χ4v) is 3.67. The zero-order valence-electron chi connectivity index (χ0n) is 15.7. The molecule has 148 valence electrons. The largest absolute Gasteiger partial charge is 0.461 e. The number of carbonyl (C=O) groups excluding carboxylic acids is 1. The van der Waals surface area contributed by atoms with E-state index >= 15 is 0 Å². The molecule has 4 aromatic heterocycles. The number of hydrogen-bond acceptors (Lipinski definition) is 8. The van der Waals surface area contributed by atoms with Crippen LogP contribution in [-0.2, 0) is 6.54 Å². The first-order valence-electron chi connectivity index (χ1n) is 8.82. The quantitative estimate of drug-likeness (QED) is 0.518. The molecule has 0 fully saturated rings. The van der Waals surface area contributed by atoms with Gasteiger partial charge in [0.25, 0.3) is 11.5 Å². The van der Waals surface area contributed by atoms with Crippen LogP contribution in [0.4, 0.5) is 0 Å². The average Bonchev–Trinajstić information content (AvgIpc) is 3.43. The molecule has 0 aliphatic carbocycles. The molecule has 0 aliphatic heterocycles. The number of amides is 1. The number of carbonyl (C=O) groups is 1. The smallest absolute Gasteiger partial charge is 0.273 e. The molecule has 29 heavy (non-hydrogen) atoms. The Kier molecular flexibility index (Phi) is 5.09. The van der Waals surface area contributed by atoms with Gasteiger partial charge in [-0.2, -0.15) is 5.10 Å². The minimum Gasteiger partial charge on any atom is -0.461 e. The van der Waals surface area contributed by atoms with Crippen LogP contribution >= 0.6 is 11.3 Å². The van der Waals surface area contributed by atoms with Crippen LogP contribution < -0.4 is 10.9 Å². The first-order valence-corrected chi connectivity index (χ1v) is 9.64. The zero-order valence-corrected chi connectivity index (χ0v) is 16.5. The Balaban J connectivity index is 1.42. The lowest BCUT2D eigenvalue weighted by Crippen LogP contribution is -2.32. The molecule has 1 amide bonds. The van der Waals surface area contributed by atoms with Crippen LogP contribution in [0.1, 0.15) is 21.2 Å². The number of thiazole rings is 1. The fraction of sp³-hybridized carbons (Fsp3) is 0.211. The van der Waals surface area contributed by atoms with Crippen molar-refractivity contribution >= 4 is 17.2 Å². The van der Waals surface area contributed by atoms with Crippen molar-refractivity contribution in [2.45, 2.75) is 20.4 Å². The van der Waals surface area contributed by atoms with Gasteiger partial charge in [0.15, 0.2) is 11.5 Å². The molecule has 10 heteroatoms. The molecule has 0 saturated carbocycles. The molecule has 0 bridgehead atoms. The standard InChI is InChI=1S/C19H17N5O4S/c1-11-18(29-12(2)21-11)13-5-6-17(25)24(22-13)8-7-20-19(26)14-10-16(28-23-14)15-4-3-9-27-15/h3-6,9-10H,7-8H2,1-2H3,(H,20,26). The minimum atomic E-state index is -0.412. The Morgan fingerprint density at radius 1 is 1.24 bits per heavy atom. The third-order valence-electron chi connectivity index (χ3n) is 4.12. The summed E-state index contributed by atoms with van der Waals surface area (Å²) in [7, 11) is 0. The predicted molar refractivity (Wildman–Crippen MR) is 106 cm³/mol. The SMILES string of the molecule is Cc1nc(C)c(-c2ccc(=O)n(CCNC(=O)c3cc(-c4ccco4)on3)n2)s1. The molecule has 0 aliphatic rings. The Morgan fingerprint density at radius 3 is 2.83 bits per heavy atom. The molecular formula is C19H17N5O4S. The van der Waals surface area contributed by atoms with E-state index in [1.165, 1.54) is 34.4 Å². The van der Waals surface area contributed by atoms with Gasteiger partial charge in [0, 0.05) is 18.7 Å². The van der Waals surface area contributed by atoms with Crippen LogP contribution in [0.25, 0.3) is 22.1 Å². The topological polar surface area (TPSA) is 116 Å². The van der Waals surface area contributed by atoms with E-state index in [0.717, 1.165) is 15.6 Å². The third-order valence-corrected chi connectivity index (χ3v) is 5.21. The van der Waals surface area contributed by atoms with Gasteiger partial charge < -0.3 is 14.3 Å². The average molecular weight is 411 g/mol. The molecule has 9 nitrogen and oxygen atoms in total. The number of rotatable bonds is 6. The molecule has 1 N–H and O–H groups in total. The summed E-state index contributed by atoms with van der Waals surface area (Å²) < 4.78 is 11.6. The highest BCUT2D eigenvalue weighted by atomic mass is 32.1. The van der Waals surface area contributed by atoms with Gasteiger partial charge in [-0.05, 0) is 32.0 Å². The van der Waals surface area contributed by atoms with Gasteiger partial charge in [0.05, 0.1) is 28.4 Å². The first-order chi connectivity index (χ1) is 14.0. The molecule has 4 heterocycles. The van der Waals surface area contributed by atoms with E-state index in [1.807, 2.05) is 13.8 Å². The van der Waals surface area contributed by atoms with Crippen LogP contribution in [0.2, 0.25) is 0 Å². The van der Waals surface area contributed by atoms with Gasteiger partial charge in [0.2, 0.25) is 5.76 Å². The summed E-state index contributed by atoms with van der Waals surface area (Å²) in [5, 5.41) is 11.8. The van der Waals surface area contributed by atoms with Gasteiger partial charge in [-0.25, -0.2) is 9.67 Å². The number of nitrogens with one attached hydrogen (secondary N) is 1. The highest BCUT2D eigenvalue weighted by Gasteiger charge is 2.15. The van der Waals surface area contributed by atoms with Gasteiger partial charge in [-0.15, -0.1) is 11.3 Å². The fourth-order valence-electron chi connectivity index (χ4n) is 2.78. The van der Waals surface area contributed by atoms with Gasteiger partial charge >= 0.3 is 0 Å². The maximum absolute atomic E-state index is 12.3. The third kappa shape index (κ3) is 4.02. The molecule has 4 rings (SSSR count). The molecule has 0 saturated heterocycles. The summed E-state index contributed by atoms with van der Waals surface area (Å²) in [6.07, 6.45) is 1.51. The second-order valence-corrected chi connectivity index (χ2v) is 7.44. The number of hydrogen-bond donors (Lipinski definition) is 1. The van der Waals surface area contributed by atoms with Crippen LogP contribution in [0, 0.1) is 13.8 Å². The lowest BCUT2D eigenvalue weighted by molar-refractivity contribution is 0.0942. The van der Waals surface area contributed by atoms with E-state index in [1.54, 1.807) is 18.2 Å². The number of nitrogens with zero attached hydrogens (tertiary/aromatic N) is 4. The Hall–Kier alpha value is -3.53. The lowest BCUT2D eigenvalue weighted by Gasteiger charge is -2.07. The van der Waals surface area contributed by atoms with Crippen LogP contribution in [0.5, 0.6) is 0 Å². The zero-order chi connectivity index (χ0) is 20.4. The van der Waals surface area contributed by atoms with Gasteiger partial charge in [0.1, 0.15) is 5.69 Å². The Labute approximate surface area is 169 Å². The maximum Gasteiger partial charge on any atom is 0.273 e. The summed E-state index contributed by atoms with van der Waals surface area (Å²) in [4.78, 5) is 29.7. The molecule has 0 atom stereocenters. The van der Waals surface area contributed by atoms with Crippen molar-refractivity contribution in [3.8, 4) is 22.1 Å². The molecule has 4 aromatic rings. The molecular weight excluding hydrogens is 394 g/mol. The summed E-state index contributed by atoms with van der Waals surface area (Å²) in [6.45, 7) is 4.26. The molecule has 0 unspecified atom stereocenters. The molecule has 0 aromatic carbocycles. The van der Waals surface area contributed by atoms with E-state index in [4.69, 9.17) is 8.94 Å². The van der Waals surface area contributed by atoms with Crippen molar-refractivity contribution in [1.82, 2.24) is 25.2 Å². The van der Waals surface area contributed by atoms with E-state index in [9.17, 15) is 9.59 Å². The van der Waals surface area contributed by atoms with Gasteiger partial charge in [-0.1, -0.05) is 5.16 Å². The molecule has 0 radical (unpaired) electrons. The highest BCUT2D eigenvalue weighted by molar-refractivity contribution is 7.15.